The van der Waals surface area contributed by atoms with Crippen LogP contribution in [0.1, 0.15) is 204 Å². The molecule has 0 atom stereocenters. The van der Waals surface area contributed by atoms with Gasteiger partial charge in [-0.2, -0.15) is 15.3 Å². The summed E-state index contributed by atoms with van der Waals surface area (Å²) in [5, 5.41) is 51.4. The van der Waals surface area contributed by atoms with Gasteiger partial charge in [-0.3, -0.25) is 24.1 Å². The van der Waals surface area contributed by atoms with Gasteiger partial charge in [0.2, 0.25) is 11.3 Å². The van der Waals surface area contributed by atoms with E-state index in [-0.39, 0.29) is 57.1 Å². The quantitative estimate of drug-likeness (QED) is 0.0529. The fraction of sp³-hybridized carbons (Fsp3) is 0.522. The van der Waals surface area contributed by atoms with E-state index in [4.69, 9.17) is 14.7 Å². The second-order valence-corrected chi connectivity index (χ2v) is 18.7. The van der Waals surface area contributed by atoms with Crippen LogP contribution in [0.3, 0.4) is 0 Å². The highest BCUT2D eigenvalue weighted by Crippen LogP contribution is 2.27. The van der Waals surface area contributed by atoms with Crippen molar-refractivity contribution in [2.24, 2.45) is 0 Å². The molecular weight excluding hydrogens is 1010 g/mol. The maximum atomic E-state index is 13.0. The minimum Gasteiger partial charge on any atom is -0.504 e. The molecule has 0 saturated heterocycles. The molecule has 6 heterocycles. The summed E-state index contributed by atoms with van der Waals surface area (Å²) in [6.45, 7) is 30.7. The molecule has 8 aromatic rings. The highest BCUT2D eigenvalue weighted by molar-refractivity contribution is 7.71. The zero-order chi connectivity index (χ0) is 57.4. The second kappa shape index (κ2) is 31.6. The number of aromatic nitrogens is 14. The molecule has 0 aliphatic rings. The number of aromatic amines is 7. The van der Waals surface area contributed by atoms with Gasteiger partial charge in [-0.05, 0) is 41.6 Å². The Morgan fingerprint density at radius 2 is 1.21 bits per heavy atom. The van der Waals surface area contributed by atoms with E-state index in [0.29, 0.717) is 40.9 Å². The Hall–Kier alpha value is -7.98. The molecule has 6 aromatic heterocycles. The van der Waals surface area contributed by atoms with Gasteiger partial charge in [-0.1, -0.05) is 127 Å². The van der Waals surface area contributed by atoms with Crippen molar-refractivity contribution < 1.29 is 37.0 Å². The normalized spacial score (nSPS) is 10.6. The first-order valence-corrected chi connectivity index (χ1v) is 23.7. The first-order chi connectivity index (χ1) is 34.9. The van der Waals surface area contributed by atoms with Crippen LogP contribution in [-0.2, 0) is 0 Å². The maximum absolute atomic E-state index is 13.0. The Morgan fingerprint density at radius 1 is 0.600 bits per heavy atom. The van der Waals surface area contributed by atoms with Gasteiger partial charge in [0, 0.05) is 35.7 Å². The van der Waals surface area contributed by atoms with Gasteiger partial charge in [0.15, 0.2) is 34.8 Å². The molecule has 0 bridgehead atoms. The van der Waals surface area contributed by atoms with Gasteiger partial charge in [-0.25, -0.2) is 48.5 Å². The van der Waals surface area contributed by atoms with Gasteiger partial charge >= 0.3 is 27.7 Å². The molecule has 9 N–H and O–H groups in total. The van der Waals surface area contributed by atoms with Crippen molar-refractivity contribution in [1.82, 2.24) is 71.4 Å². The Labute approximate surface area is 432 Å². The van der Waals surface area contributed by atoms with E-state index < -0.39 is 39.8 Å². The van der Waals surface area contributed by atoms with Crippen molar-refractivity contribution in [3.05, 3.63) is 143 Å². The number of phenols is 1. The first kappa shape index (κ1) is 65.0. The predicted octanol–water partition coefficient (Wildman–Crippen LogP) is 7.37. The van der Waals surface area contributed by atoms with Gasteiger partial charge < -0.3 is 23.7 Å². The number of aromatic hydroxyl groups is 2. The van der Waals surface area contributed by atoms with Crippen LogP contribution < -0.4 is 33.7 Å². The molecule has 0 amide bonds. The molecule has 0 unspecified atom stereocenters. The number of hydrogen-bond donors (Lipinski definition) is 9. The predicted molar refractivity (Wildman–Crippen MR) is 272 cm³/mol. The number of rotatable bonds is 8. The van der Waals surface area contributed by atoms with Gasteiger partial charge in [0.1, 0.15) is 11.6 Å². The molecule has 29 heteroatoms. The highest BCUT2D eigenvalue weighted by atomic mass is 32.1. The summed E-state index contributed by atoms with van der Waals surface area (Å²) >= 11 is 4.64. The van der Waals surface area contributed by atoms with Crippen molar-refractivity contribution in [2.75, 3.05) is 0 Å². The minimum atomic E-state index is -0.920. The Bertz CT molecular complexity index is 2920. The largest absolute Gasteiger partial charge is 0.504 e. The van der Waals surface area contributed by atoms with Crippen molar-refractivity contribution in [3.8, 4) is 11.5 Å². The smallest absolute Gasteiger partial charge is 0.438 e. The molecule has 414 valence electrons. The third kappa shape index (κ3) is 22.8. The monoisotopic (exact) mass is 1080 g/mol. The maximum Gasteiger partial charge on any atom is 0.438 e. The molecular formula is C46H68F2N14O12S. The number of benzene rings is 1. The zero-order valence-corrected chi connectivity index (χ0v) is 45.4. The number of halogens is 2. The van der Waals surface area contributed by atoms with Crippen molar-refractivity contribution in [1.29, 1.82) is 0 Å². The van der Waals surface area contributed by atoms with E-state index in [1.165, 1.54) is 12.1 Å². The standard InChI is InChI=1S/C9H10F2O.C7H8O3.C6H9NO2.C5H9N3O.2C5H8N2O2.C5H8N2OS.C4H8N4/c1-5(2)6-3-4-7(10)9(12)8(6)11;1-3(2)4-5(8)7(10)6(4)9;1-4(2)5-3-6(8)9-7-5;1-3(2)4-6-5(9)8-7-4;1-3(2)4-6-7-5(8)9-4;1-3(2)4-6-5(8)9-7-4;1-3(2)4-6-5(9)8-7-4;1-3(2)4-5-7-8-6-4/h3-5,12H,1-2H3;3,8H,1-2H3;3-4,7H,1-2H3;3H,1-2H3,(H2,6,7,8,9);3H,1-2H3,(H,7,8);3H,1-2H3,(H,6,7,8);3H,1-2H3,(H,6,7,9);3H,1-2H3,(H,5,6,7,8). The highest BCUT2D eigenvalue weighted by Gasteiger charge is 2.22. The first-order valence-electron chi connectivity index (χ1n) is 23.3. The van der Waals surface area contributed by atoms with Crippen LogP contribution in [0.15, 0.2) is 65.0 Å². The zero-order valence-electron chi connectivity index (χ0n) is 44.6. The van der Waals surface area contributed by atoms with E-state index in [1.807, 2.05) is 83.1 Å². The lowest BCUT2D eigenvalue weighted by molar-refractivity contribution is 0.379. The summed E-state index contributed by atoms with van der Waals surface area (Å²) in [6.07, 6.45) is 0. The molecule has 2 aromatic carbocycles. The Morgan fingerprint density at radius 3 is 1.48 bits per heavy atom. The van der Waals surface area contributed by atoms with E-state index >= 15 is 0 Å². The van der Waals surface area contributed by atoms with Crippen LogP contribution in [0.5, 0.6) is 11.5 Å². The van der Waals surface area contributed by atoms with E-state index in [2.05, 4.69) is 97.1 Å². The fourth-order valence-corrected chi connectivity index (χ4v) is 5.09. The molecule has 0 aliphatic heterocycles. The third-order valence-electron chi connectivity index (χ3n) is 9.28. The van der Waals surface area contributed by atoms with Crippen LogP contribution in [0.4, 0.5) is 8.78 Å². The summed E-state index contributed by atoms with van der Waals surface area (Å²) in [7, 11) is 0. The lowest BCUT2D eigenvalue weighted by Crippen LogP contribution is -2.34. The lowest BCUT2D eigenvalue weighted by atomic mass is 9.98. The average molecular weight is 1080 g/mol. The van der Waals surface area contributed by atoms with Crippen LogP contribution in [0, 0.1) is 16.5 Å². The van der Waals surface area contributed by atoms with Crippen LogP contribution in [0.25, 0.3) is 0 Å². The number of hydrogen-bond acceptors (Lipinski definition) is 20. The van der Waals surface area contributed by atoms with Gasteiger partial charge in [0.05, 0.1) is 11.3 Å². The van der Waals surface area contributed by atoms with E-state index in [1.54, 1.807) is 27.7 Å². The summed E-state index contributed by atoms with van der Waals surface area (Å²) in [5.41, 5.74) is -0.382. The van der Waals surface area contributed by atoms with Gasteiger partial charge in [0.25, 0.3) is 5.43 Å². The van der Waals surface area contributed by atoms with Crippen molar-refractivity contribution in [2.45, 2.75) is 158 Å². The molecule has 75 heavy (non-hydrogen) atoms. The van der Waals surface area contributed by atoms with Crippen LogP contribution >= 0.6 is 12.2 Å². The Balaban J connectivity index is 0.000000430. The number of H-pyrrole nitrogens is 7. The van der Waals surface area contributed by atoms with E-state index in [0.717, 1.165) is 23.4 Å². The average Bonchev–Trinajstić information content (AvgIpc) is 4.20. The molecule has 0 aliphatic carbocycles. The topological polar surface area (TPSA) is 396 Å². The summed E-state index contributed by atoms with van der Waals surface area (Å²) in [5.74, 6) is 0.965. The summed E-state index contributed by atoms with van der Waals surface area (Å²) in [6, 6.07) is 3.87. The lowest BCUT2D eigenvalue weighted by Gasteiger charge is -2.07. The summed E-state index contributed by atoms with van der Waals surface area (Å²) in [4.78, 5) is 71.7. The molecule has 26 nitrogen and oxygen atoms in total. The third-order valence-corrected chi connectivity index (χ3v) is 9.46. The van der Waals surface area contributed by atoms with Crippen molar-refractivity contribution >= 4 is 12.2 Å². The molecule has 0 fully saturated rings. The number of phenolic OH excluding ortho intramolecular Hbond substituents is 1. The van der Waals surface area contributed by atoms with Gasteiger partial charge in [-0.15, -0.1) is 15.3 Å². The summed E-state index contributed by atoms with van der Waals surface area (Å²) < 4.78 is 43.6. The fourth-order valence-electron chi connectivity index (χ4n) is 4.95. The van der Waals surface area contributed by atoms with Crippen LogP contribution in [-0.4, -0.2) is 81.7 Å². The molecule has 8 rings (SSSR count). The molecule has 0 spiro atoms. The second-order valence-electron chi connectivity index (χ2n) is 18.3. The van der Waals surface area contributed by atoms with E-state index in [9.17, 15) is 37.5 Å². The number of nitrogens with zero attached hydrogens (tertiary/aromatic N) is 7. The Kier molecular flexibility index (Phi) is 27.4. The minimum absolute atomic E-state index is 0.0507. The van der Waals surface area contributed by atoms with Crippen LogP contribution in [0.2, 0.25) is 0 Å². The molecule has 0 radical (unpaired) electrons. The van der Waals surface area contributed by atoms with Crippen molar-refractivity contribution in [3.63, 3.8) is 0 Å². The SMILES string of the molecule is CC(C)c1c(O)c(=O)c1=O.CC(C)c1cc(=O)o[nH]1.CC(C)c1ccc(F)c(O)c1F.CC(C)c1n[nH]c(=O)[nH]1.CC(C)c1n[nH]c(=O)o1.CC(C)c1nc(=S)o[nH]1.CC(C)c1nn[nH]n1.CC(C)c1noc(=O)[nH]1. The molecule has 0 saturated carbocycles. The number of nitrogens with one attached hydrogen (secondary N) is 7. The number of tetrazole rings is 1.